The van der Waals surface area contributed by atoms with Crippen molar-refractivity contribution in [2.45, 2.75) is 0 Å². The van der Waals surface area contributed by atoms with Crippen molar-refractivity contribution in [1.29, 1.82) is 0 Å². The molecule has 6 heteroatoms. The Morgan fingerprint density at radius 3 is 2.91 bits per heavy atom. The number of aromatic nitrogens is 2. The summed E-state index contributed by atoms with van der Waals surface area (Å²) in [6.45, 7) is 0. The van der Waals surface area contributed by atoms with Crippen LogP contribution in [-0.2, 0) is 0 Å². The number of nitrogens with one attached hydrogen (secondary N) is 1. The lowest BCUT2D eigenvalue weighted by atomic mass is 10.2. The molecule has 0 aliphatic heterocycles. The predicted octanol–water partition coefficient (Wildman–Crippen LogP) is 4.67. The Morgan fingerprint density at radius 2 is 2.09 bits per heavy atom. The van der Waals surface area contributed by atoms with E-state index < -0.39 is 0 Å². The topological polar surface area (TPSA) is 58.9 Å². The summed E-state index contributed by atoms with van der Waals surface area (Å²) in [7, 11) is 0. The van der Waals surface area contributed by atoms with Crippen LogP contribution >= 0.6 is 27.3 Å². The van der Waals surface area contributed by atoms with Crippen LogP contribution in [0.3, 0.4) is 0 Å². The molecule has 22 heavy (non-hydrogen) atoms. The monoisotopic (exact) mass is 372 g/mol. The Bertz CT molecular complexity index is 1020. The molecule has 4 aromatic rings. The molecule has 0 saturated heterocycles. The molecule has 108 valence electrons. The van der Waals surface area contributed by atoms with Gasteiger partial charge in [-0.25, -0.2) is 4.79 Å². The number of rotatable bonds is 2. The van der Waals surface area contributed by atoms with Crippen LogP contribution < -0.4 is 5.69 Å². The second-order valence-corrected chi connectivity index (χ2v) is 6.62. The highest BCUT2D eigenvalue weighted by molar-refractivity contribution is 9.10. The second-order valence-electron chi connectivity index (χ2n) is 4.76. The molecule has 0 fully saturated rings. The van der Waals surface area contributed by atoms with Gasteiger partial charge in [-0.3, -0.25) is 0 Å². The van der Waals surface area contributed by atoms with Gasteiger partial charge in [-0.05, 0) is 41.8 Å². The lowest BCUT2D eigenvalue weighted by molar-refractivity contribution is 0.628. The zero-order chi connectivity index (χ0) is 15.1. The van der Waals surface area contributed by atoms with Crippen LogP contribution in [0.25, 0.3) is 33.0 Å². The lowest BCUT2D eigenvalue weighted by Crippen LogP contribution is -2.11. The molecule has 0 atom stereocenters. The van der Waals surface area contributed by atoms with E-state index in [1.54, 1.807) is 11.3 Å². The third kappa shape index (κ3) is 2.40. The minimum absolute atomic E-state index is 0.387. The summed E-state index contributed by atoms with van der Waals surface area (Å²) in [6, 6.07) is 13.4. The lowest BCUT2D eigenvalue weighted by Gasteiger charge is -2.00. The van der Waals surface area contributed by atoms with Crippen molar-refractivity contribution < 1.29 is 4.42 Å². The first kappa shape index (κ1) is 13.5. The Morgan fingerprint density at radius 1 is 1.18 bits per heavy atom. The first-order valence-electron chi connectivity index (χ1n) is 6.54. The molecule has 0 bridgehead atoms. The standard InChI is InChI=1S/C16H9BrN2O2S/c17-10-3-4-13-9(6-10)7-14(21-13)11-8-12(19-16(20)18-11)15-2-1-5-22-15/h1-8H,(H,18,19,20). The number of benzene rings is 1. The molecule has 3 aromatic heterocycles. The van der Waals surface area contributed by atoms with Crippen molar-refractivity contribution in [2.75, 3.05) is 0 Å². The third-order valence-corrected chi connectivity index (χ3v) is 4.66. The van der Waals surface area contributed by atoms with Crippen molar-refractivity contribution in [2.24, 2.45) is 0 Å². The van der Waals surface area contributed by atoms with Gasteiger partial charge in [0.05, 0.1) is 10.6 Å². The van der Waals surface area contributed by atoms with Gasteiger partial charge in [0, 0.05) is 9.86 Å². The second kappa shape index (κ2) is 5.23. The van der Waals surface area contributed by atoms with Crippen molar-refractivity contribution in [3.05, 3.63) is 62.8 Å². The Hall–Kier alpha value is -2.18. The molecular weight excluding hydrogens is 364 g/mol. The van der Waals surface area contributed by atoms with Crippen LogP contribution in [0.2, 0.25) is 0 Å². The molecule has 0 aliphatic rings. The van der Waals surface area contributed by atoms with E-state index in [-0.39, 0.29) is 5.69 Å². The highest BCUT2D eigenvalue weighted by Gasteiger charge is 2.11. The van der Waals surface area contributed by atoms with Crippen LogP contribution in [-0.4, -0.2) is 9.97 Å². The smallest absolute Gasteiger partial charge is 0.346 e. The number of H-pyrrole nitrogens is 1. The normalized spacial score (nSPS) is 11.1. The van der Waals surface area contributed by atoms with Gasteiger partial charge in [-0.1, -0.05) is 22.0 Å². The summed E-state index contributed by atoms with van der Waals surface area (Å²) >= 11 is 5.00. The summed E-state index contributed by atoms with van der Waals surface area (Å²) in [5.74, 6) is 0.581. The van der Waals surface area contributed by atoms with E-state index in [0.29, 0.717) is 11.5 Å². The fraction of sp³-hybridized carbons (Fsp3) is 0. The van der Waals surface area contributed by atoms with E-state index in [2.05, 4.69) is 25.9 Å². The Labute approximate surface area is 137 Å². The average molecular weight is 373 g/mol. The van der Waals surface area contributed by atoms with E-state index >= 15 is 0 Å². The number of furan rings is 1. The number of aromatic amines is 1. The fourth-order valence-corrected chi connectivity index (χ4v) is 3.37. The number of thiophene rings is 1. The number of nitrogens with zero attached hydrogens (tertiary/aromatic N) is 1. The molecule has 0 amide bonds. The number of halogens is 1. The molecule has 0 radical (unpaired) electrons. The fourth-order valence-electron chi connectivity index (χ4n) is 2.29. The minimum Gasteiger partial charge on any atom is -0.454 e. The Kier molecular flexibility index (Phi) is 3.20. The SMILES string of the molecule is O=c1nc(-c2cc3cc(Br)ccc3o2)cc(-c2cccs2)[nH]1. The van der Waals surface area contributed by atoms with Crippen LogP contribution in [0.4, 0.5) is 0 Å². The Balaban J connectivity index is 1.89. The quantitative estimate of drug-likeness (QED) is 0.555. The van der Waals surface area contributed by atoms with Crippen LogP contribution in [0, 0.1) is 0 Å². The summed E-state index contributed by atoms with van der Waals surface area (Å²) < 4.78 is 6.78. The number of fused-ring (bicyclic) bond motifs is 1. The highest BCUT2D eigenvalue weighted by Crippen LogP contribution is 2.30. The van der Waals surface area contributed by atoms with E-state index in [0.717, 1.165) is 26.0 Å². The zero-order valence-electron chi connectivity index (χ0n) is 11.2. The maximum absolute atomic E-state index is 11.8. The molecule has 0 unspecified atom stereocenters. The van der Waals surface area contributed by atoms with Crippen LogP contribution in [0.5, 0.6) is 0 Å². The zero-order valence-corrected chi connectivity index (χ0v) is 13.6. The van der Waals surface area contributed by atoms with Gasteiger partial charge in [-0.2, -0.15) is 4.98 Å². The van der Waals surface area contributed by atoms with E-state index in [9.17, 15) is 4.79 Å². The highest BCUT2D eigenvalue weighted by atomic mass is 79.9. The van der Waals surface area contributed by atoms with Gasteiger partial charge in [0.25, 0.3) is 0 Å². The molecule has 0 saturated carbocycles. The van der Waals surface area contributed by atoms with Gasteiger partial charge in [0.1, 0.15) is 11.3 Å². The molecule has 3 heterocycles. The average Bonchev–Trinajstić information content (AvgIpc) is 3.15. The number of hydrogen-bond acceptors (Lipinski definition) is 4. The number of hydrogen-bond donors (Lipinski definition) is 1. The predicted molar refractivity (Wildman–Crippen MR) is 91.1 cm³/mol. The first-order valence-corrected chi connectivity index (χ1v) is 8.21. The summed E-state index contributed by atoms with van der Waals surface area (Å²) in [5, 5.41) is 2.93. The molecule has 4 rings (SSSR count). The van der Waals surface area contributed by atoms with E-state index in [4.69, 9.17) is 4.42 Å². The molecule has 0 spiro atoms. The van der Waals surface area contributed by atoms with Gasteiger partial charge in [0.2, 0.25) is 0 Å². The van der Waals surface area contributed by atoms with E-state index in [1.165, 1.54) is 0 Å². The van der Waals surface area contributed by atoms with Crippen LogP contribution in [0.15, 0.2) is 61.5 Å². The van der Waals surface area contributed by atoms with E-state index in [1.807, 2.05) is 47.8 Å². The summed E-state index contributed by atoms with van der Waals surface area (Å²) in [6.07, 6.45) is 0. The van der Waals surface area contributed by atoms with Crippen molar-refractivity contribution in [1.82, 2.24) is 9.97 Å². The van der Waals surface area contributed by atoms with Gasteiger partial charge < -0.3 is 9.40 Å². The molecule has 0 aliphatic carbocycles. The van der Waals surface area contributed by atoms with Gasteiger partial charge >= 0.3 is 5.69 Å². The maximum Gasteiger partial charge on any atom is 0.346 e. The van der Waals surface area contributed by atoms with Gasteiger partial charge in [-0.15, -0.1) is 11.3 Å². The summed E-state index contributed by atoms with van der Waals surface area (Å²) in [4.78, 5) is 19.6. The van der Waals surface area contributed by atoms with Gasteiger partial charge in [0.15, 0.2) is 5.76 Å². The molecule has 4 nitrogen and oxygen atoms in total. The summed E-state index contributed by atoms with van der Waals surface area (Å²) in [5.41, 5.74) is 1.65. The largest absolute Gasteiger partial charge is 0.454 e. The van der Waals surface area contributed by atoms with Crippen molar-refractivity contribution in [3.63, 3.8) is 0 Å². The first-order chi connectivity index (χ1) is 10.7. The van der Waals surface area contributed by atoms with Crippen LogP contribution in [0.1, 0.15) is 0 Å². The van der Waals surface area contributed by atoms with Crippen molar-refractivity contribution in [3.8, 4) is 22.0 Å². The molecule has 1 aromatic carbocycles. The minimum atomic E-state index is -0.387. The molecule has 1 N–H and O–H groups in total. The molecular formula is C16H9BrN2O2S. The third-order valence-electron chi connectivity index (χ3n) is 3.26. The maximum atomic E-state index is 11.8. The van der Waals surface area contributed by atoms with Crippen molar-refractivity contribution >= 4 is 38.2 Å².